The molecule has 0 saturated carbocycles. The van der Waals surface area contributed by atoms with Gasteiger partial charge in [-0.15, -0.1) is 0 Å². The monoisotopic (exact) mass is 624 g/mol. The third-order valence-corrected chi connectivity index (χ3v) is 8.09. The summed E-state index contributed by atoms with van der Waals surface area (Å²) < 4.78 is 6.79. The lowest BCUT2D eigenvalue weighted by Gasteiger charge is -2.52. The Bertz CT molecular complexity index is 1000. The zero-order valence-electron chi connectivity index (χ0n) is 19.7. The Morgan fingerprint density at radius 3 is 2.45 bits per heavy atom. The number of carbonyl (C=O) groups is 1. The van der Waals surface area contributed by atoms with Gasteiger partial charge in [0.2, 0.25) is 5.91 Å². The molecule has 4 nitrogen and oxygen atoms in total. The van der Waals surface area contributed by atoms with E-state index in [0.29, 0.717) is 13.2 Å². The van der Waals surface area contributed by atoms with Crippen molar-refractivity contribution in [3.8, 4) is 0 Å². The van der Waals surface area contributed by atoms with Gasteiger partial charge in [0.15, 0.2) is 0 Å². The lowest BCUT2D eigenvalue weighted by molar-refractivity contribution is -0.925. The molecule has 0 radical (unpaired) electrons. The lowest BCUT2D eigenvalue weighted by Crippen LogP contribution is -3.18. The molecule has 1 fully saturated rings. The van der Waals surface area contributed by atoms with Gasteiger partial charge < -0.3 is 38.9 Å². The Balaban J connectivity index is 0.00000306. The van der Waals surface area contributed by atoms with Crippen LogP contribution in [0.25, 0.3) is 6.08 Å². The molecule has 2 N–H and O–H groups in total. The fraction of sp³-hybridized carbons (Fsp3) is 0.444. The second kappa shape index (κ2) is 11.0. The summed E-state index contributed by atoms with van der Waals surface area (Å²) in [4.78, 5) is 15.2. The number of ether oxygens (including phenoxy) is 1. The van der Waals surface area contributed by atoms with Gasteiger partial charge in [-0.3, -0.25) is 4.79 Å². The van der Waals surface area contributed by atoms with Crippen LogP contribution in [0.15, 0.2) is 58.6 Å². The number of carbonyl (C=O) groups excluding carboxylic acids is 1. The predicted octanol–water partition coefficient (Wildman–Crippen LogP) is 0.898. The van der Waals surface area contributed by atoms with Gasteiger partial charge in [0.05, 0.1) is 27.3 Å². The number of amides is 1. The Labute approximate surface area is 223 Å². The third kappa shape index (κ3) is 5.24. The molecule has 6 heteroatoms. The minimum Gasteiger partial charge on any atom is -1.00 e. The highest BCUT2D eigenvalue weighted by Crippen LogP contribution is 2.38. The van der Waals surface area contributed by atoms with Crippen molar-refractivity contribution < 1.29 is 38.4 Å². The molecule has 2 aromatic rings. The van der Waals surface area contributed by atoms with Crippen LogP contribution in [0.5, 0.6) is 0 Å². The molecular weight excluding hydrogens is 591 g/mol. The van der Waals surface area contributed by atoms with Crippen molar-refractivity contribution in [2.24, 2.45) is 0 Å². The van der Waals surface area contributed by atoms with Gasteiger partial charge in [-0.2, -0.15) is 0 Å². The summed E-state index contributed by atoms with van der Waals surface area (Å²) >= 11 is 3.58. The van der Waals surface area contributed by atoms with E-state index in [1.807, 2.05) is 6.07 Å². The van der Waals surface area contributed by atoms with E-state index in [9.17, 15) is 4.79 Å². The summed E-state index contributed by atoms with van der Waals surface area (Å²) in [5.74, 6) is 0.0382. The quantitative estimate of drug-likeness (QED) is 0.486. The number of rotatable bonds is 5. The minimum absolute atomic E-state index is 0. The molecule has 1 unspecified atom stereocenters. The summed E-state index contributed by atoms with van der Waals surface area (Å²) in [7, 11) is 4.41. The SMILES string of the molecule is C[NH+](C)C1(C(C)(NC(=O)C2=Cc3cc(Br)ccc3CCC2)c2ccccc2)CCOCC1.[I-]. The molecule has 2 aliphatic rings. The summed E-state index contributed by atoms with van der Waals surface area (Å²) in [6, 6.07) is 16.8. The molecule has 2 aromatic carbocycles. The van der Waals surface area contributed by atoms with Crippen LogP contribution < -0.4 is 34.2 Å². The van der Waals surface area contributed by atoms with Gasteiger partial charge in [-0.05, 0) is 61.1 Å². The van der Waals surface area contributed by atoms with Crippen molar-refractivity contribution in [3.05, 3.63) is 75.3 Å². The van der Waals surface area contributed by atoms with Gasteiger partial charge in [-0.1, -0.05) is 52.3 Å². The van der Waals surface area contributed by atoms with Crippen LogP contribution in [-0.2, 0) is 21.5 Å². The number of halogens is 2. The zero-order chi connectivity index (χ0) is 22.8. The Hall–Kier alpha value is -1.22. The van der Waals surface area contributed by atoms with Crippen LogP contribution in [0.3, 0.4) is 0 Å². The van der Waals surface area contributed by atoms with E-state index in [0.717, 1.165) is 53.3 Å². The van der Waals surface area contributed by atoms with Crippen LogP contribution in [0, 0.1) is 0 Å². The molecule has 33 heavy (non-hydrogen) atoms. The Morgan fingerprint density at radius 2 is 1.79 bits per heavy atom. The van der Waals surface area contributed by atoms with E-state index in [1.54, 1.807) is 0 Å². The molecule has 0 spiro atoms. The van der Waals surface area contributed by atoms with Gasteiger partial charge in [0.25, 0.3) is 0 Å². The highest BCUT2D eigenvalue weighted by atomic mass is 127. The molecular formula is C27H34BrIN2O2. The van der Waals surface area contributed by atoms with E-state index in [-0.39, 0.29) is 35.4 Å². The maximum atomic E-state index is 13.8. The van der Waals surface area contributed by atoms with Gasteiger partial charge in [0, 0.05) is 22.9 Å². The fourth-order valence-electron chi connectivity index (χ4n) is 5.60. The van der Waals surface area contributed by atoms with Crippen LogP contribution in [0.2, 0.25) is 0 Å². The molecule has 1 saturated heterocycles. The minimum atomic E-state index is -0.527. The third-order valence-electron chi connectivity index (χ3n) is 7.60. The molecule has 1 aliphatic heterocycles. The first-order valence-corrected chi connectivity index (χ1v) is 12.4. The van der Waals surface area contributed by atoms with E-state index in [2.05, 4.69) is 90.8 Å². The van der Waals surface area contributed by atoms with Gasteiger partial charge in [-0.25, -0.2) is 0 Å². The van der Waals surface area contributed by atoms with Crippen LogP contribution in [0.1, 0.15) is 49.3 Å². The number of benzene rings is 2. The van der Waals surface area contributed by atoms with Crippen molar-refractivity contribution in [3.63, 3.8) is 0 Å². The van der Waals surface area contributed by atoms with Crippen molar-refractivity contribution in [2.75, 3.05) is 27.3 Å². The Morgan fingerprint density at radius 1 is 1.09 bits per heavy atom. The fourth-order valence-corrected chi connectivity index (χ4v) is 5.98. The topological polar surface area (TPSA) is 42.8 Å². The second-order valence-corrected chi connectivity index (χ2v) is 10.4. The van der Waals surface area contributed by atoms with E-state index >= 15 is 0 Å². The standard InChI is InChI=1S/C27H33BrN2O2.HI/c1-26(23-10-5-4-6-11-23,27(30(2)3)14-16-32-17-15-27)29-25(31)21-9-7-8-20-12-13-24(28)19-22(20)18-21;/h4-6,10-13,18-19H,7-9,14-17H2,1-3H3,(H,29,31);1H. The molecule has 1 amide bonds. The average molecular weight is 625 g/mol. The van der Waals surface area contributed by atoms with E-state index in [1.165, 1.54) is 10.5 Å². The second-order valence-electron chi connectivity index (χ2n) is 9.51. The smallest absolute Gasteiger partial charge is 0.248 e. The van der Waals surface area contributed by atoms with E-state index < -0.39 is 5.54 Å². The number of hydrogen-bond acceptors (Lipinski definition) is 2. The lowest BCUT2D eigenvalue weighted by atomic mass is 9.67. The molecule has 178 valence electrons. The average Bonchev–Trinajstić information content (AvgIpc) is 3.02. The van der Waals surface area contributed by atoms with Gasteiger partial charge in [0.1, 0.15) is 11.1 Å². The maximum absolute atomic E-state index is 13.8. The van der Waals surface area contributed by atoms with Crippen LogP contribution in [0.4, 0.5) is 0 Å². The van der Waals surface area contributed by atoms with Gasteiger partial charge >= 0.3 is 0 Å². The molecule has 1 aliphatic carbocycles. The maximum Gasteiger partial charge on any atom is 0.248 e. The summed E-state index contributed by atoms with van der Waals surface area (Å²) in [6.45, 7) is 3.64. The first-order chi connectivity index (χ1) is 15.4. The van der Waals surface area contributed by atoms with Crippen molar-refractivity contribution in [1.29, 1.82) is 0 Å². The number of likely N-dealkylation sites (N-methyl/N-ethyl adjacent to an activating group) is 1. The first kappa shape index (κ1) is 26.4. The zero-order valence-corrected chi connectivity index (χ0v) is 23.5. The molecule has 4 rings (SSSR count). The first-order valence-electron chi connectivity index (χ1n) is 11.6. The van der Waals surface area contributed by atoms with Crippen LogP contribution >= 0.6 is 15.9 Å². The highest BCUT2D eigenvalue weighted by Gasteiger charge is 2.56. The predicted molar refractivity (Wildman–Crippen MR) is 133 cm³/mol. The number of hydrogen-bond donors (Lipinski definition) is 2. The van der Waals surface area contributed by atoms with E-state index in [4.69, 9.17) is 4.74 Å². The number of quaternary nitrogens is 1. The highest BCUT2D eigenvalue weighted by molar-refractivity contribution is 9.10. The largest absolute Gasteiger partial charge is 1.00 e. The molecule has 1 atom stereocenters. The molecule has 1 heterocycles. The van der Waals surface area contributed by atoms with Crippen LogP contribution in [-0.4, -0.2) is 38.8 Å². The van der Waals surface area contributed by atoms with Crippen molar-refractivity contribution in [1.82, 2.24) is 5.32 Å². The number of aryl methyl sites for hydroxylation is 1. The van der Waals surface area contributed by atoms with Crippen molar-refractivity contribution >= 4 is 27.9 Å². The summed E-state index contributed by atoms with van der Waals surface area (Å²) in [5, 5.41) is 3.55. The summed E-state index contributed by atoms with van der Waals surface area (Å²) in [5.41, 5.74) is 3.77. The normalized spacial score (nSPS) is 19.4. The summed E-state index contributed by atoms with van der Waals surface area (Å²) in [6.07, 6.45) is 6.65. The number of nitrogens with one attached hydrogen (secondary N) is 2. The number of fused-ring (bicyclic) bond motifs is 1. The van der Waals surface area contributed by atoms with Crippen molar-refractivity contribution in [2.45, 2.75) is 50.1 Å². The molecule has 0 aromatic heterocycles. The molecule has 0 bridgehead atoms. The Kier molecular flexibility index (Phi) is 8.81.